The third-order valence-corrected chi connectivity index (χ3v) is 5.77. The summed E-state index contributed by atoms with van der Waals surface area (Å²) in [5, 5.41) is 8.68. The van der Waals surface area contributed by atoms with E-state index in [-0.39, 0.29) is 21.8 Å². The maximum Gasteiger partial charge on any atom is 0.242 e. The molecule has 0 radical (unpaired) electrons. The topological polar surface area (TPSA) is 66.4 Å². The van der Waals surface area contributed by atoms with Crippen LogP contribution in [-0.4, -0.2) is 37.7 Å². The molecule has 8 heteroatoms. The van der Waals surface area contributed by atoms with Crippen molar-refractivity contribution in [2.45, 2.75) is 23.1 Å². The lowest BCUT2D eigenvalue weighted by molar-refractivity contribution is 0.282. The zero-order valence-corrected chi connectivity index (χ0v) is 12.8. The summed E-state index contributed by atoms with van der Waals surface area (Å²) in [5.74, 6) is -0.602. The molecule has 1 rings (SSSR count). The van der Waals surface area contributed by atoms with Crippen LogP contribution in [0.4, 0.5) is 4.39 Å². The molecule has 2 N–H and O–H groups in total. The van der Waals surface area contributed by atoms with Crippen molar-refractivity contribution in [3.05, 3.63) is 29.0 Å². The lowest BCUT2D eigenvalue weighted by atomic mass is 10.3. The number of thioether (sulfide) groups is 1. The molecule has 108 valence electrons. The van der Waals surface area contributed by atoms with Crippen molar-refractivity contribution >= 4 is 33.4 Å². The Labute approximate surface area is 121 Å². The number of aliphatic hydroxyl groups excluding tert-OH is 1. The largest absolute Gasteiger partial charge is 0.395 e. The van der Waals surface area contributed by atoms with Crippen LogP contribution in [0.2, 0.25) is 5.02 Å². The summed E-state index contributed by atoms with van der Waals surface area (Å²) >= 11 is 7.08. The van der Waals surface area contributed by atoms with E-state index < -0.39 is 21.9 Å². The summed E-state index contributed by atoms with van der Waals surface area (Å²) in [6.07, 6.45) is 1.77. The summed E-state index contributed by atoms with van der Waals surface area (Å²) in [7, 11) is -3.85. The SMILES string of the molecule is CSC(CO)C(C)NS(=O)(=O)c1ccc(F)cc1Cl. The maximum atomic E-state index is 12.9. The average Bonchev–Trinajstić information content (AvgIpc) is 2.29. The van der Waals surface area contributed by atoms with Crippen LogP contribution >= 0.6 is 23.4 Å². The van der Waals surface area contributed by atoms with Gasteiger partial charge in [0.1, 0.15) is 10.7 Å². The van der Waals surface area contributed by atoms with E-state index >= 15 is 0 Å². The quantitative estimate of drug-likeness (QED) is 0.837. The third kappa shape index (κ3) is 4.32. The molecule has 2 unspecified atom stereocenters. The van der Waals surface area contributed by atoms with Gasteiger partial charge in [0.25, 0.3) is 0 Å². The van der Waals surface area contributed by atoms with Crippen LogP contribution in [0.3, 0.4) is 0 Å². The van der Waals surface area contributed by atoms with Crippen LogP contribution in [-0.2, 0) is 10.0 Å². The van der Waals surface area contributed by atoms with E-state index in [1.807, 2.05) is 0 Å². The fourth-order valence-corrected chi connectivity index (χ4v) is 4.04. The first-order chi connectivity index (χ1) is 8.81. The maximum absolute atomic E-state index is 12.9. The second kappa shape index (κ2) is 6.90. The standard InChI is InChI=1S/C11H15ClFNO3S2/c1-7(10(6-15)18-2)14-19(16,17)11-4-3-8(13)5-9(11)12/h3-5,7,10,14-15H,6H2,1-2H3. The molecule has 0 heterocycles. The second-order valence-corrected chi connectivity index (χ2v) is 7.11. The van der Waals surface area contributed by atoms with Crippen molar-refractivity contribution in [1.82, 2.24) is 4.72 Å². The van der Waals surface area contributed by atoms with Crippen LogP contribution in [0.5, 0.6) is 0 Å². The molecule has 0 aliphatic heterocycles. The summed E-state index contributed by atoms with van der Waals surface area (Å²) in [6.45, 7) is 1.49. The van der Waals surface area contributed by atoms with E-state index in [2.05, 4.69) is 4.72 Å². The van der Waals surface area contributed by atoms with E-state index in [0.29, 0.717) is 0 Å². The van der Waals surface area contributed by atoms with Gasteiger partial charge in [-0.05, 0) is 31.4 Å². The van der Waals surface area contributed by atoms with Crippen LogP contribution < -0.4 is 4.72 Å². The highest BCUT2D eigenvalue weighted by molar-refractivity contribution is 7.99. The van der Waals surface area contributed by atoms with Gasteiger partial charge in [-0.1, -0.05) is 11.6 Å². The molecule has 0 saturated heterocycles. The van der Waals surface area contributed by atoms with Gasteiger partial charge in [-0.2, -0.15) is 11.8 Å². The minimum Gasteiger partial charge on any atom is -0.395 e. The number of benzene rings is 1. The summed E-state index contributed by atoms with van der Waals surface area (Å²) in [5.41, 5.74) is 0. The molecule has 1 aromatic rings. The van der Waals surface area contributed by atoms with E-state index in [4.69, 9.17) is 16.7 Å². The second-order valence-electron chi connectivity index (χ2n) is 3.94. The molecule has 0 aliphatic rings. The number of nitrogens with one attached hydrogen (secondary N) is 1. The lowest BCUT2D eigenvalue weighted by Gasteiger charge is -2.21. The number of aliphatic hydroxyl groups is 1. The monoisotopic (exact) mass is 327 g/mol. The number of rotatable bonds is 6. The molecule has 0 amide bonds. The van der Waals surface area contributed by atoms with Gasteiger partial charge < -0.3 is 5.11 Å². The van der Waals surface area contributed by atoms with Crippen LogP contribution in [0, 0.1) is 5.82 Å². The van der Waals surface area contributed by atoms with Gasteiger partial charge in [0.2, 0.25) is 10.0 Å². The van der Waals surface area contributed by atoms with Crippen LogP contribution in [0.25, 0.3) is 0 Å². The number of hydrogen-bond donors (Lipinski definition) is 2. The molecule has 0 saturated carbocycles. The highest BCUT2D eigenvalue weighted by atomic mass is 35.5. The predicted octanol–water partition coefficient (Wildman–Crippen LogP) is 1.87. The predicted molar refractivity (Wildman–Crippen MR) is 75.6 cm³/mol. The van der Waals surface area contributed by atoms with E-state index in [0.717, 1.165) is 18.2 Å². The first kappa shape index (κ1) is 16.7. The number of sulfonamides is 1. The average molecular weight is 328 g/mol. The van der Waals surface area contributed by atoms with Crippen molar-refractivity contribution in [1.29, 1.82) is 0 Å². The fraction of sp³-hybridized carbons (Fsp3) is 0.455. The minimum atomic E-state index is -3.85. The molecular weight excluding hydrogens is 313 g/mol. The van der Waals surface area contributed by atoms with Crippen molar-refractivity contribution in [3.8, 4) is 0 Å². The van der Waals surface area contributed by atoms with Gasteiger partial charge in [-0.15, -0.1) is 0 Å². The fourth-order valence-electron chi connectivity index (χ4n) is 1.51. The molecule has 2 atom stereocenters. The van der Waals surface area contributed by atoms with Gasteiger partial charge in [-0.3, -0.25) is 0 Å². The molecular formula is C11H15ClFNO3S2. The Morgan fingerprint density at radius 2 is 2.16 bits per heavy atom. The van der Waals surface area contributed by atoms with Crippen LogP contribution in [0.1, 0.15) is 6.92 Å². The Bertz CT molecular complexity index is 535. The third-order valence-electron chi connectivity index (χ3n) is 2.56. The molecule has 19 heavy (non-hydrogen) atoms. The van der Waals surface area contributed by atoms with Crippen molar-refractivity contribution in [2.24, 2.45) is 0 Å². The lowest BCUT2D eigenvalue weighted by Crippen LogP contribution is -2.41. The van der Waals surface area contributed by atoms with Gasteiger partial charge in [0.15, 0.2) is 0 Å². The Morgan fingerprint density at radius 1 is 1.53 bits per heavy atom. The first-order valence-electron chi connectivity index (χ1n) is 5.43. The minimum absolute atomic E-state index is 0.151. The molecule has 0 aliphatic carbocycles. The first-order valence-corrected chi connectivity index (χ1v) is 8.57. The molecule has 0 fully saturated rings. The van der Waals surface area contributed by atoms with Gasteiger partial charge in [-0.25, -0.2) is 17.5 Å². The molecule has 0 aromatic heterocycles. The molecule has 4 nitrogen and oxygen atoms in total. The number of halogens is 2. The van der Waals surface area contributed by atoms with E-state index in [1.165, 1.54) is 11.8 Å². The Hall–Kier alpha value is -0.340. The van der Waals surface area contributed by atoms with Crippen molar-refractivity contribution in [3.63, 3.8) is 0 Å². The summed E-state index contributed by atoms with van der Waals surface area (Å²) < 4.78 is 39.5. The van der Waals surface area contributed by atoms with Gasteiger partial charge in [0.05, 0.1) is 11.6 Å². The molecule has 0 spiro atoms. The van der Waals surface area contributed by atoms with Gasteiger partial charge in [0, 0.05) is 11.3 Å². The number of hydrogen-bond acceptors (Lipinski definition) is 4. The molecule has 0 bridgehead atoms. The highest BCUT2D eigenvalue weighted by Crippen LogP contribution is 2.23. The van der Waals surface area contributed by atoms with Crippen LogP contribution in [0.15, 0.2) is 23.1 Å². The van der Waals surface area contributed by atoms with Crippen molar-refractivity contribution in [2.75, 3.05) is 12.9 Å². The Balaban J connectivity index is 2.98. The Kier molecular flexibility index (Phi) is 6.07. The molecule has 1 aromatic carbocycles. The normalized spacial score (nSPS) is 15.2. The smallest absolute Gasteiger partial charge is 0.242 e. The van der Waals surface area contributed by atoms with E-state index in [1.54, 1.807) is 13.2 Å². The summed E-state index contributed by atoms with van der Waals surface area (Å²) in [6, 6.07) is 2.60. The van der Waals surface area contributed by atoms with E-state index in [9.17, 15) is 12.8 Å². The van der Waals surface area contributed by atoms with Crippen molar-refractivity contribution < 1.29 is 17.9 Å². The van der Waals surface area contributed by atoms with Gasteiger partial charge >= 0.3 is 0 Å². The summed E-state index contributed by atoms with van der Waals surface area (Å²) in [4.78, 5) is -0.180. The zero-order chi connectivity index (χ0) is 14.6. The Morgan fingerprint density at radius 3 is 2.63 bits per heavy atom. The highest BCUT2D eigenvalue weighted by Gasteiger charge is 2.24. The zero-order valence-electron chi connectivity index (χ0n) is 10.4.